The number of phenols is 1. The number of anilines is 1. The first-order valence-corrected chi connectivity index (χ1v) is 14.7. The van der Waals surface area contributed by atoms with Gasteiger partial charge < -0.3 is 15.0 Å². The molecule has 1 fully saturated rings. The van der Waals surface area contributed by atoms with E-state index in [1.807, 2.05) is 58.6 Å². The van der Waals surface area contributed by atoms with Crippen molar-refractivity contribution < 1.29 is 13.5 Å². The lowest BCUT2D eigenvalue weighted by Crippen LogP contribution is -2.35. The van der Waals surface area contributed by atoms with E-state index in [2.05, 4.69) is 26.9 Å². The largest absolute Gasteiger partial charge is 0.508 e. The average molecular weight is 564 g/mol. The third kappa shape index (κ3) is 6.60. The Kier molecular flexibility index (Phi) is 8.17. The van der Waals surface area contributed by atoms with Gasteiger partial charge in [-0.25, -0.2) is 15.0 Å². The molecule has 0 spiro atoms. The first kappa shape index (κ1) is 26.8. The molecule has 1 aliphatic heterocycles. The number of hydrogen-bond donors (Lipinski definition) is 2. The maximum atomic E-state index is 13.0. The molecular weight excluding hydrogens is 534 g/mol. The molecule has 39 heavy (non-hydrogen) atoms. The van der Waals surface area contributed by atoms with E-state index in [0.29, 0.717) is 50.9 Å². The second-order valence-corrected chi connectivity index (χ2v) is 11.7. The van der Waals surface area contributed by atoms with Crippen molar-refractivity contribution in [2.45, 2.75) is 13.1 Å². The van der Waals surface area contributed by atoms with E-state index in [0.717, 1.165) is 21.6 Å². The molecule has 2 aromatic heterocycles. The number of nitrogens with zero attached hydrogens (tertiary/aromatic N) is 6. The molecule has 0 amide bonds. The molecule has 2 aromatic carbocycles. The van der Waals surface area contributed by atoms with E-state index in [9.17, 15) is 13.5 Å². The predicted molar refractivity (Wildman–Crippen MR) is 152 cm³/mol. The maximum absolute atomic E-state index is 13.0. The second-order valence-electron chi connectivity index (χ2n) is 8.95. The number of thiazole rings is 1. The van der Waals surface area contributed by atoms with Gasteiger partial charge in [0, 0.05) is 56.1 Å². The molecule has 0 atom stereocenters. The minimum Gasteiger partial charge on any atom is -0.508 e. The Morgan fingerprint density at radius 1 is 1.08 bits per heavy atom. The zero-order valence-corrected chi connectivity index (χ0v) is 22.9. The molecule has 4 aromatic rings. The topological polar surface area (TPSA) is 116 Å². The van der Waals surface area contributed by atoms with Crippen LogP contribution in [0.1, 0.15) is 16.8 Å². The summed E-state index contributed by atoms with van der Waals surface area (Å²) in [5.74, 6) is 0.597. The lowest BCUT2D eigenvalue weighted by molar-refractivity contribution is 0.442. The fourth-order valence-corrected chi connectivity index (χ4v) is 6.54. The van der Waals surface area contributed by atoms with Crippen LogP contribution in [0.15, 0.2) is 90.0 Å². The molecule has 0 bridgehead atoms. The van der Waals surface area contributed by atoms with Crippen LogP contribution in [0.3, 0.4) is 0 Å². The third-order valence-electron chi connectivity index (χ3n) is 6.21. The number of phenolic OH excluding ortho intramolecular Hbond substituents is 1. The summed E-state index contributed by atoms with van der Waals surface area (Å²) in [7, 11) is -3.51. The zero-order valence-electron chi connectivity index (χ0n) is 21.2. The predicted octanol–water partition coefficient (Wildman–Crippen LogP) is 3.14. The van der Waals surface area contributed by atoms with Gasteiger partial charge in [-0.15, -0.1) is 11.3 Å². The van der Waals surface area contributed by atoms with Crippen LogP contribution in [0.2, 0.25) is 0 Å². The van der Waals surface area contributed by atoms with Gasteiger partial charge >= 0.3 is 0 Å². The van der Waals surface area contributed by atoms with E-state index in [-0.39, 0.29) is 5.75 Å². The summed E-state index contributed by atoms with van der Waals surface area (Å²) >= 11 is 1.48. The Balaban J connectivity index is 1.18. The summed E-state index contributed by atoms with van der Waals surface area (Å²) in [6.45, 7) is 6.50. The number of aromatic hydroxyl groups is 1. The normalized spacial score (nSPS) is 15.9. The van der Waals surface area contributed by atoms with E-state index < -0.39 is 10.2 Å². The van der Waals surface area contributed by atoms with Crippen molar-refractivity contribution in [3.8, 4) is 5.75 Å². The fraction of sp³-hybridized carbons (Fsp3) is 0.222. The molecule has 1 aliphatic rings. The smallest absolute Gasteiger partial charge is 0.282 e. The van der Waals surface area contributed by atoms with Crippen molar-refractivity contribution in [2.75, 3.05) is 31.5 Å². The molecule has 3 heterocycles. The molecule has 1 saturated heterocycles. The van der Waals surface area contributed by atoms with Gasteiger partial charge in [0.05, 0.1) is 17.9 Å². The van der Waals surface area contributed by atoms with Crippen molar-refractivity contribution in [1.82, 2.24) is 23.1 Å². The summed E-state index contributed by atoms with van der Waals surface area (Å²) in [5, 5.41) is 14.8. The van der Waals surface area contributed by atoms with Crippen molar-refractivity contribution in [1.29, 1.82) is 0 Å². The summed E-state index contributed by atoms with van der Waals surface area (Å²) in [6.07, 6.45) is 3.60. The highest BCUT2D eigenvalue weighted by atomic mass is 32.2. The first-order chi connectivity index (χ1) is 18.9. The van der Waals surface area contributed by atoms with Crippen LogP contribution < -0.4 is 10.1 Å². The van der Waals surface area contributed by atoms with Crippen LogP contribution in [-0.2, 0) is 23.3 Å². The number of nitrogens with one attached hydrogen (secondary N) is 1. The Labute approximate surface area is 231 Å². The van der Waals surface area contributed by atoms with E-state index in [1.165, 1.54) is 19.9 Å². The molecule has 10 nitrogen and oxygen atoms in total. The molecule has 0 aliphatic carbocycles. The van der Waals surface area contributed by atoms with Gasteiger partial charge in [0.2, 0.25) is 5.95 Å². The van der Waals surface area contributed by atoms with Gasteiger partial charge in [0.15, 0.2) is 4.80 Å². The number of hydrogen-bond acceptors (Lipinski definition) is 8. The van der Waals surface area contributed by atoms with Crippen molar-refractivity contribution in [3.05, 3.63) is 107 Å². The molecular formula is C27H29N7O3S2. The summed E-state index contributed by atoms with van der Waals surface area (Å²) in [4.78, 5) is 14.3. The van der Waals surface area contributed by atoms with Crippen LogP contribution in [0.4, 0.5) is 5.95 Å². The van der Waals surface area contributed by atoms with Crippen molar-refractivity contribution in [3.63, 3.8) is 0 Å². The monoisotopic (exact) mass is 563 g/mol. The lowest BCUT2D eigenvalue weighted by Gasteiger charge is -2.19. The summed E-state index contributed by atoms with van der Waals surface area (Å²) in [6, 6.07) is 18.3. The third-order valence-corrected chi connectivity index (χ3v) is 8.99. The molecule has 202 valence electrons. The fourth-order valence-electron chi connectivity index (χ4n) is 4.20. The minimum absolute atomic E-state index is 0.163. The average Bonchev–Trinajstić information content (AvgIpc) is 3.47. The van der Waals surface area contributed by atoms with Gasteiger partial charge in [-0.3, -0.25) is 0 Å². The standard InChI is InChI=1S/C27H29N7O3S2/c1-21(23-8-5-9-25(35)18-23)30-27-32(16-17-38-27)20-24-10-11-28-26(31-24)29-12-13-33-14-15-34(39(33,36)37)19-22-6-3-2-4-7-22/h2-11,16-18,35H,1,12-15,19-20H2,(H,28,29,31)/b30-27+. The Bertz CT molecular complexity index is 1620. The summed E-state index contributed by atoms with van der Waals surface area (Å²) < 4.78 is 30.9. The Morgan fingerprint density at radius 3 is 2.72 bits per heavy atom. The molecule has 0 radical (unpaired) electrons. The van der Waals surface area contributed by atoms with Crippen molar-refractivity contribution in [2.24, 2.45) is 4.99 Å². The molecule has 0 unspecified atom stereocenters. The molecule has 12 heteroatoms. The van der Waals surface area contributed by atoms with Crippen LogP contribution in [0, 0.1) is 0 Å². The van der Waals surface area contributed by atoms with Gasteiger partial charge in [-0.1, -0.05) is 49.0 Å². The van der Waals surface area contributed by atoms with Gasteiger partial charge in [0.25, 0.3) is 10.2 Å². The highest BCUT2D eigenvalue weighted by molar-refractivity contribution is 7.87. The SMILES string of the molecule is C=C(/N=c1/sccn1Cc1ccnc(NCCN2CCN(Cc3ccccc3)S2(=O)=O)n1)c1cccc(O)c1. The van der Waals surface area contributed by atoms with Gasteiger partial charge in [-0.05, 0) is 23.8 Å². The molecule has 5 rings (SSSR count). The van der Waals surface area contributed by atoms with E-state index >= 15 is 0 Å². The number of rotatable bonds is 10. The highest BCUT2D eigenvalue weighted by Crippen LogP contribution is 2.20. The van der Waals surface area contributed by atoms with Crippen LogP contribution in [-0.4, -0.2) is 62.8 Å². The molecule has 0 saturated carbocycles. The van der Waals surface area contributed by atoms with Gasteiger partial charge in [-0.2, -0.15) is 17.0 Å². The van der Waals surface area contributed by atoms with E-state index in [4.69, 9.17) is 0 Å². The van der Waals surface area contributed by atoms with Gasteiger partial charge in [0.1, 0.15) is 5.75 Å². The van der Waals surface area contributed by atoms with Crippen LogP contribution in [0.5, 0.6) is 5.75 Å². The minimum atomic E-state index is -3.51. The summed E-state index contributed by atoms with van der Waals surface area (Å²) in [5.41, 5.74) is 3.03. The second kappa shape index (κ2) is 11.9. The molecule has 2 N–H and O–H groups in total. The van der Waals surface area contributed by atoms with Crippen molar-refractivity contribution >= 4 is 33.2 Å². The zero-order chi connectivity index (χ0) is 27.2. The maximum Gasteiger partial charge on any atom is 0.282 e. The lowest BCUT2D eigenvalue weighted by atomic mass is 10.2. The Morgan fingerprint density at radius 2 is 1.90 bits per heavy atom. The number of aromatic nitrogens is 3. The van der Waals surface area contributed by atoms with Crippen LogP contribution >= 0.6 is 11.3 Å². The van der Waals surface area contributed by atoms with E-state index in [1.54, 1.807) is 24.4 Å². The first-order valence-electron chi connectivity index (χ1n) is 12.4. The van der Waals surface area contributed by atoms with Crippen LogP contribution in [0.25, 0.3) is 5.70 Å². The quantitative estimate of drug-likeness (QED) is 0.306. The number of benzene rings is 2. The highest BCUT2D eigenvalue weighted by Gasteiger charge is 2.35. The Hall–Kier alpha value is -3.84.